The third-order valence-corrected chi connectivity index (χ3v) is 5.87. The van der Waals surface area contributed by atoms with Crippen molar-refractivity contribution in [3.8, 4) is 0 Å². The van der Waals surface area contributed by atoms with Crippen molar-refractivity contribution in [1.82, 2.24) is 0 Å². The number of carbonyl (C=O) groups excluding carboxylic acids is 2. The average Bonchev–Trinajstić information content (AvgIpc) is 3.09. The molecule has 0 radical (unpaired) electrons. The number of hydrogen-bond acceptors (Lipinski definition) is 3. The molecule has 0 aromatic heterocycles. The summed E-state index contributed by atoms with van der Waals surface area (Å²) in [5.41, 5.74) is -0.0636. The van der Waals surface area contributed by atoms with Gasteiger partial charge in [-0.15, -0.1) is 0 Å². The van der Waals surface area contributed by atoms with Crippen LogP contribution >= 0.6 is 15.9 Å². The quantitative estimate of drug-likeness (QED) is 0.378. The second kappa shape index (κ2) is 9.30. The number of benzene rings is 3. The van der Waals surface area contributed by atoms with Gasteiger partial charge in [0.05, 0.1) is 17.2 Å². The minimum atomic E-state index is -4.63. The summed E-state index contributed by atoms with van der Waals surface area (Å²) in [6.07, 6.45) is -1.85. The predicted octanol–water partition coefficient (Wildman–Crippen LogP) is 6.65. The standard InChI is InChI=1S/C26H17BrF3NO3/c27-19-12-10-17(11-13-19)23-22(21(32)14-9-16-5-2-1-3-6-16)24(33)25(34)31(23)20-8-4-7-18(15-20)26(28,29)30/h1-15,23,33H/b14-9+/t23-/m1/s1. The van der Waals surface area contributed by atoms with Gasteiger partial charge >= 0.3 is 6.18 Å². The molecule has 0 unspecified atom stereocenters. The Hall–Kier alpha value is -3.65. The summed E-state index contributed by atoms with van der Waals surface area (Å²) in [4.78, 5) is 27.2. The van der Waals surface area contributed by atoms with Gasteiger partial charge in [0.25, 0.3) is 5.91 Å². The third-order valence-electron chi connectivity index (χ3n) is 5.34. The number of nitrogens with zero attached hydrogens (tertiary/aromatic N) is 1. The van der Waals surface area contributed by atoms with Gasteiger partial charge in [0.1, 0.15) is 0 Å². The largest absolute Gasteiger partial charge is 0.503 e. The molecule has 0 saturated heterocycles. The first-order valence-corrected chi connectivity index (χ1v) is 10.9. The maximum atomic E-state index is 13.3. The highest BCUT2D eigenvalue weighted by Gasteiger charge is 2.44. The fourth-order valence-corrected chi connectivity index (χ4v) is 4.01. The third kappa shape index (κ3) is 4.68. The van der Waals surface area contributed by atoms with Gasteiger partial charge in [-0.2, -0.15) is 13.2 Å². The van der Waals surface area contributed by atoms with E-state index in [0.717, 1.165) is 27.1 Å². The summed E-state index contributed by atoms with van der Waals surface area (Å²) in [5, 5.41) is 10.7. The van der Waals surface area contributed by atoms with Crippen LogP contribution in [0.3, 0.4) is 0 Å². The molecule has 0 spiro atoms. The van der Waals surface area contributed by atoms with E-state index in [-0.39, 0.29) is 11.3 Å². The summed E-state index contributed by atoms with van der Waals surface area (Å²) in [6, 6.07) is 18.7. The van der Waals surface area contributed by atoms with Gasteiger partial charge < -0.3 is 5.11 Å². The molecule has 3 aromatic carbocycles. The number of aliphatic hydroxyl groups excluding tert-OH is 1. The summed E-state index contributed by atoms with van der Waals surface area (Å²) >= 11 is 3.32. The minimum Gasteiger partial charge on any atom is -0.503 e. The molecule has 34 heavy (non-hydrogen) atoms. The highest BCUT2D eigenvalue weighted by molar-refractivity contribution is 9.10. The first kappa shape index (κ1) is 23.5. The Morgan fingerprint density at radius 3 is 2.29 bits per heavy atom. The minimum absolute atomic E-state index is 0.0888. The van der Waals surface area contributed by atoms with E-state index in [9.17, 15) is 27.9 Å². The molecule has 8 heteroatoms. The van der Waals surface area contributed by atoms with E-state index in [1.807, 2.05) is 6.07 Å². The Kier molecular flexibility index (Phi) is 6.43. The van der Waals surface area contributed by atoms with Gasteiger partial charge in [0.2, 0.25) is 0 Å². The summed E-state index contributed by atoms with van der Waals surface area (Å²) in [6.45, 7) is 0. The van der Waals surface area contributed by atoms with Crippen LogP contribution in [-0.2, 0) is 15.8 Å². The average molecular weight is 528 g/mol. The molecule has 0 saturated carbocycles. The number of halogens is 4. The molecule has 0 aliphatic carbocycles. The summed E-state index contributed by atoms with van der Waals surface area (Å²) in [7, 11) is 0. The number of amides is 1. The zero-order chi connectivity index (χ0) is 24.5. The Morgan fingerprint density at radius 1 is 0.971 bits per heavy atom. The molecule has 4 nitrogen and oxygen atoms in total. The normalized spacial score (nSPS) is 16.5. The zero-order valence-electron chi connectivity index (χ0n) is 17.5. The van der Waals surface area contributed by atoms with Crippen molar-refractivity contribution in [1.29, 1.82) is 0 Å². The molecule has 1 amide bonds. The van der Waals surface area contributed by atoms with Crippen molar-refractivity contribution in [3.05, 3.63) is 117 Å². The second-order valence-corrected chi connectivity index (χ2v) is 8.46. The number of allylic oxidation sites excluding steroid dienone is 1. The fraction of sp³-hybridized carbons (Fsp3) is 0.0769. The van der Waals surface area contributed by atoms with Crippen LogP contribution < -0.4 is 4.90 Å². The smallest absolute Gasteiger partial charge is 0.416 e. The molecular weight excluding hydrogens is 511 g/mol. The molecule has 3 aromatic rings. The topological polar surface area (TPSA) is 57.6 Å². The van der Waals surface area contributed by atoms with Crippen molar-refractivity contribution >= 4 is 39.4 Å². The highest BCUT2D eigenvalue weighted by Crippen LogP contribution is 2.42. The van der Waals surface area contributed by atoms with E-state index in [4.69, 9.17) is 0 Å². The van der Waals surface area contributed by atoms with Crippen LogP contribution in [0, 0.1) is 0 Å². The van der Waals surface area contributed by atoms with Gasteiger partial charge in [0.15, 0.2) is 11.5 Å². The number of ketones is 1. The van der Waals surface area contributed by atoms with E-state index < -0.39 is 35.2 Å². The van der Waals surface area contributed by atoms with Crippen molar-refractivity contribution < 1.29 is 27.9 Å². The van der Waals surface area contributed by atoms with Gasteiger partial charge in [-0.3, -0.25) is 14.5 Å². The van der Waals surface area contributed by atoms with Crippen LogP contribution in [-0.4, -0.2) is 16.8 Å². The Labute approximate surface area is 201 Å². The fourth-order valence-electron chi connectivity index (χ4n) is 3.74. The van der Waals surface area contributed by atoms with Gasteiger partial charge in [-0.25, -0.2) is 0 Å². The summed E-state index contributed by atoms with van der Waals surface area (Å²) in [5.74, 6) is -2.38. The van der Waals surface area contributed by atoms with Crippen LogP contribution in [0.25, 0.3) is 6.08 Å². The maximum absolute atomic E-state index is 13.3. The molecule has 1 aliphatic rings. The predicted molar refractivity (Wildman–Crippen MR) is 126 cm³/mol. The molecule has 172 valence electrons. The molecule has 1 N–H and O–H groups in total. The first-order valence-electron chi connectivity index (χ1n) is 10.1. The number of alkyl halides is 3. The van der Waals surface area contributed by atoms with E-state index in [2.05, 4.69) is 15.9 Å². The van der Waals surface area contributed by atoms with E-state index in [0.29, 0.717) is 5.56 Å². The van der Waals surface area contributed by atoms with Gasteiger partial charge in [0, 0.05) is 10.2 Å². The van der Waals surface area contributed by atoms with Gasteiger partial charge in [-0.1, -0.05) is 70.5 Å². The lowest BCUT2D eigenvalue weighted by Crippen LogP contribution is -2.31. The van der Waals surface area contributed by atoms with Crippen molar-refractivity contribution in [3.63, 3.8) is 0 Å². The molecule has 1 atom stereocenters. The lowest BCUT2D eigenvalue weighted by Gasteiger charge is -2.27. The Morgan fingerprint density at radius 2 is 1.65 bits per heavy atom. The summed E-state index contributed by atoms with van der Waals surface area (Å²) < 4.78 is 40.7. The van der Waals surface area contributed by atoms with E-state index in [1.54, 1.807) is 54.6 Å². The zero-order valence-corrected chi connectivity index (χ0v) is 19.0. The van der Waals surface area contributed by atoms with Crippen molar-refractivity contribution in [2.75, 3.05) is 4.90 Å². The number of hydrogen-bond donors (Lipinski definition) is 1. The number of carbonyl (C=O) groups is 2. The number of rotatable bonds is 5. The SMILES string of the molecule is O=C(/C=C/c1ccccc1)C1=C(O)C(=O)N(c2cccc(C(F)(F)F)c2)[C@@H]1c1ccc(Br)cc1. The molecule has 0 bridgehead atoms. The maximum Gasteiger partial charge on any atom is 0.416 e. The molecule has 0 fully saturated rings. The molecule has 1 heterocycles. The monoisotopic (exact) mass is 527 g/mol. The van der Waals surface area contributed by atoms with Crippen molar-refractivity contribution in [2.24, 2.45) is 0 Å². The second-order valence-electron chi connectivity index (χ2n) is 7.55. The van der Waals surface area contributed by atoms with E-state index >= 15 is 0 Å². The number of anilines is 1. The van der Waals surface area contributed by atoms with Crippen LogP contribution in [0.5, 0.6) is 0 Å². The van der Waals surface area contributed by atoms with Crippen LogP contribution in [0.15, 0.2) is 101 Å². The molecule has 4 rings (SSSR count). The lowest BCUT2D eigenvalue weighted by molar-refractivity contribution is -0.137. The first-order chi connectivity index (χ1) is 16.2. The van der Waals surface area contributed by atoms with Crippen LogP contribution in [0.2, 0.25) is 0 Å². The van der Waals surface area contributed by atoms with Gasteiger partial charge in [-0.05, 0) is 47.5 Å². The van der Waals surface area contributed by atoms with Crippen LogP contribution in [0.1, 0.15) is 22.7 Å². The highest BCUT2D eigenvalue weighted by atomic mass is 79.9. The molecule has 1 aliphatic heterocycles. The number of aliphatic hydroxyl groups is 1. The van der Waals surface area contributed by atoms with Crippen LogP contribution in [0.4, 0.5) is 18.9 Å². The lowest BCUT2D eigenvalue weighted by atomic mass is 9.95. The Bertz CT molecular complexity index is 1300. The molecular formula is C26H17BrF3NO3. The van der Waals surface area contributed by atoms with Crippen molar-refractivity contribution in [2.45, 2.75) is 12.2 Å². The Balaban J connectivity index is 1.81. The van der Waals surface area contributed by atoms with E-state index in [1.165, 1.54) is 18.2 Å².